The van der Waals surface area contributed by atoms with Crippen molar-refractivity contribution in [2.75, 3.05) is 6.54 Å². The van der Waals surface area contributed by atoms with Gasteiger partial charge in [0.25, 0.3) is 5.91 Å². The van der Waals surface area contributed by atoms with Gasteiger partial charge in [0.05, 0.1) is 5.56 Å². The first-order valence-electron chi connectivity index (χ1n) is 10.6. The SMILES string of the molecule is O=C(c1ccc(C2CC2)nc1)N1CC[C@H](c2ccccc2)[C@H]2CCCC[C@H]21. The van der Waals surface area contributed by atoms with Crippen LogP contribution in [0.3, 0.4) is 0 Å². The number of piperidine rings is 1. The molecule has 0 unspecified atom stereocenters. The first-order chi connectivity index (χ1) is 13.3. The minimum atomic E-state index is 0.188. The highest BCUT2D eigenvalue weighted by Crippen LogP contribution is 2.44. The van der Waals surface area contributed by atoms with Crippen molar-refractivity contribution >= 4 is 5.91 Å². The lowest BCUT2D eigenvalue weighted by atomic mass is 9.69. The fraction of sp³-hybridized carbons (Fsp3) is 0.500. The number of carbonyl (C=O) groups excluding carboxylic acids is 1. The number of rotatable bonds is 3. The van der Waals surface area contributed by atoms with E-state index in [1.54, 1.807) is 0 Å². The Morgan fingerprint density at radius 2 is 1.74 bits per heavy atom. The number of nitrogens with zero attached hydrogens (tertiary/aromatic N) is 2. The van der Waals surface area contributed by atoms with Crippen molar-refractivity contribution in [3.8, 4) is 0 Å². The van der Waals surface area contributed by atoms with Gasteiger partial charge in [0, 0.05) is 30.4 Å². The Balaban J connectivity index is 1.37. The molecule has 3 atom stereocenters. The van der Waals surface area contributed by atoms with Gasteiger partial charge < -0.3 is 4.90 Å². The molecule has 0 bridgehead atoms. The summed E-state index contributed by atoms with van der Waals surface area (Å²) in [5.74, 6) is 2.01. The number of hydrogen-bond donors (Lipinski definition) is 0. The molecule has 0 N–H and O–H groups in total. The van der Waals surface area contributed by atoms with Crippen LogP contribution in [0, 0.1) is 5.92 Å². The third kappa shape index (κ3) is 3.28. The zero-order chi connectivity index (χ0) is 18.2. The fourth-order valence-corrected chi connectivity index (χ4v) is 5.34. The summed E-state index contributed by atoms with van der Waals surface area (Å²) in [7, 11) is 0. The van der Waals surface area contributed by atoms with Crippen molar-refractivity contribution in [3.05, 3.63) is 65.5 Å². The van der Waals surface area contributed by atoms with E-state index in [1.165, 1.54) is 37.7 Å². The van der Waals surface area contributed by atoms with Crippen LogP contribution < -0.4 is 0 Å². The Morgan fingerprint density at radius 3 is 2.48 bits per heavy atom. The number of carbonyl (C=O) groups is 1. The zero-order valence-electron chi connectivity index (χ0n) is 15.9. The zero-order valence-corrected chi connectivity index (χ0v) is 15.9. The molecule has 3 aliphatic rings. The maximum atomic E-state index is 13.3. The summed E-state index contributed by atoms with van der Waals surface area (Å²) in [5.41, 5.74) is 3.38. The largest absolute Gasteiger partial charge is 0.335 e. The van der Waals surface area contributed by atoms with Gasteiger partial charge in [0.1, 0.15) is 0 Å². The number of likely N-dealkylation sites (tertiary alicyclic amines) is 1. The predicted octanol–water partition coefficient (Wildman–Crippen LogP) is 5.15. The first kappa shape index (κ1) is 17.0. The molecular weight excluding hydrogens is 332 g/mol. The number of fused-ring (bicyclic) bond motifs is 1. The molecule has 1 amide bonds. The monoisotopic (exact) mass is 360 g/mol. The second-order valence-electron chi connectivity index (χ2n) is 8.57. The summed E-state index contributed by atoms with van der Waals surface area (Å²) >= 11 is 0. The van der Waals surface area contributed by atoms with Crippen molar-refractivity contribution in [3.63, 3.8) is 0 Å². The minimum absolute atomic E-state index is 0.188. The van der Waals surface area contributed by atoms with E-state index in [0.29, 0.717) is 23.8 Å². The van der Waals surface area contributed by atoms with Crippen LogP contribution in [0.1, 0.15) is 78.4 Å². The third-order valence-corrected chi connectivity index (χ3v) is 6.90. The quantitative estimate of drug-likeness (QED) is 0.758. The third-order valence-electron chi connectivity index (χ3n) is 6.90. The van der Waals surface area contributed by atoms with E-state index in [2.05, 4.69) is 46.3 Å². The average Bonchev–Trinajstić information content (AvgIpc) is 3.59. The van der Waals surface area contributed by atoms with Crippen molar-refractivity contribution in [2.45, 2.75) is 62.8 Å². The van der Waals surface area contributed by atoms with Crippen LogP contribution in [0.2, 0.25) is 0 Å². The van der Waals surface area contributed by atoms with E-state index < -0.39 is 0 Å². The number of aromatic nitrogens is 1. The molecule has 2 aromatic rings. The topological polar surface area (TPSA) is 33.2 Å². The molecule has 3 heteroatoms. The van der Waals surface area contributed by atoms with Gasteiger partial charge in [-0.2, -0.15) is 0 Å². The molecule has 27 heavy (non-hydrogen) atoms. The first-order valence-corrected chi connectivity index (χ1v) is 10.6. The maximum Gasteiger partial charge on any atom is 0.255 e. The second-order valence-corrected chi connectivity index (χ2v) is 8.57. The van der Waals surface area contributed by atoms with E-state index >= 15 is 0 Å². The lowest BCUT2D eigenvalue weighted by molar-refractivity contribution is 0.0319. The minimum Gasteiger partial charge on any atom is -0.335 e. The molecule has 3 nitrogen and oxygen atoms in total. The van der Waals surface area contributed by atoms with Crippen LogP contribution in [0.15, 0.2) is 48.7 Å². The molecule has 1 saturated heterocycles. The van der Waals surface area contributed by atoms with E-state index in [-0.39, 0.29) is 5.91 Å². The Kier molecular flexibility index (Phi) is 4.47. The van der Waals surface area contributed by atoms with Gasteiger partial charge in [-0.15, -0.1) is 0 Å². The maximum absolute atomic E-state index is 13.3. The normalized spacial score (nSPS) is 27.9. The lowest BCUT2D eigenvalue weighted by Gasteiger charge is -2.48. The summed E-state index contributed by atoms with van der Waals surface area (Å²) < 4.78 is 0. The van der Waals surface area contributed by atoms with Gasteiger partial charge >= 0.3 is 0 Å². The highest BCUT2D eigenvalue weighted by Gasteiger charge is 2.41. The van der Waals surface area contributed by atoms with Crippen molar-refractivity contribution in [2.24, 2.45) is 5.92 Å². The molecule has 0 radical (unpaired) electrons. The molecule has 140 valence electrons. The Labute approximate surface area is 161 Å². The molecule has 0 spiro atoms. The summed E-state index contributed by atoms with van der Waals surface area (Å²) in [5, 5.41) is 0. The van der Waals surface area contributed by atoms with Gasteiger partial charge in [-0.05, 0) is 61.6 Å². The van der Waals surface area contributed by atoms with Gasteiger partial charge in [-0.1, -0.05) is 43.2 Å². The van der Waals surface area contributed by atoms with Crippen molar-refractivity contribution in [1.82, 2.24) is 9.88 Å². The lowest BCUT2D eigenvalue weighted by Crippen LogP contribution is -2.52. The summed E-state index contributed by atoms with van der Waals surface area (Å²) in [6.07, 6.45) is 10.3. The molecule has 2 heterocycles. The number of hydrogen-bond acceptors (Lipinski definition) is 2. The van der Waals surface area contributed by atoms with Crippen LogP contribution in [0.5, 0.6) is 0 Å². The van der Waals surface area contributed by atoms with Crippen LogP contribution >= 0.6 is 0 Å². The van der Waals surface area contributed by atoms with Gasteiger partial charge in [0.2, 0.25) is 0 Å². The molecule has 1 aromatic carbocycles. The average molecular weight is 361 g/mol. The van der Waals surface area contributed by atoms with Gasteiger partial charge in [0.15, 0.2) is 0 Å². The predicted molar refractivity (Wildman–Crippen MR) is 107 cm³/mol. The van der Waals surface area contributed by atoms with E-state index in [0.717, 1.165) is 30.6 Å². The van der Waals surface area contributed by atoms with Crippen molar-refractivity contribution < 1.29 is 4.79 Å². The summed E-state index contributed by atoms with van der Waals surface area (Å²) in [6, 6.07) is 15.4. The molecule has 2 aliphatic carbocycles. The van der Waals surface area contributed by atoms with Gasteiger partial charge in [-0.25, -0.2) is 0 Å². The van der Waals surface area contributed by atoms with Crippen LogP contribution in [-0.2, 0) is 0 Å². The second kappa shape index (κ2) is 7.10. The fourth-order valence-electron chi connectivity index (χ4n) is 5.34. The van der Waals surface area contributed by atoms with Crippen LogP contribution in [-0.4, -0.2) is 28.4 Å². The summed E-state index contributed by atoms with van der Waals surface area (Å²) in [4.78, 5) is 20.0. The smallest absolute Gasteiger partial charge is 0.255 e. The Hall–Kier alpha value is -2.16. The summed E-state index contributed by atoms with van der Waals surface area (Å²) in [6.45, 7) is 0.865. The number of pyridine rings is 1. The van der Waals surface area contributed by atoms with Crippen molar-refractivity contribution in [1.29, 1.82) is 0 Å². The van der Waals surface area contributed by atoms with Crippen LogP contribution in [0.4, 0.5) is 0 Å². The van der Waals surface area contributed by atoms with Crippen LogP contribution in [0.25, 0.3) is 0 Å². The van der Waals surface area contributed by atoms with E-state index in [4.69, 9.17) is 0 Å². The number of amides is 1. The van der Waals surface area contributed by atoms with E-state index in [1.807, 2.05) is 12.3 Å². The molecular formula is C24H28N2O. The standard InChI is InChI=1S/C24H28N2O/c27-24(19-12-13-22(25-16-19)18-10-11-18)26-15-14-20(17-6-2-1-3-7-17)21-8-4-5-9-23(21)26/h1-3,6-7,12-13,16,18,20-21,23H,4-5,8-11,14-15H2/t20-,21-,23-/m1/s1. The van der Waals surface area contributed by atoms with E-state index in [9.17, 15) is 4.79 Å². The Bertz CT molecular complexity index is 797. The van der Waals surface area contributed by atoms with Gasteiger partial charge in [-0.3, -0.25) is 9.78 Å². The molecule has 2 saturated carbocycles. The molecule has 1 aromatic heterocycles. The molecule has 5 rings (SSSR count). The molecule has 1 aliphatic heterocycles. The highest BCUT2D eigenvalue weighted by molar-refractivity contribution is 5.94. The highest BCUT2D eigenvalue weighted by atomic mass is 16.2. The number of benzene rings is 1. The molecule has 3 fully saturated rings. The Morgan fingerprint density at radius 1 is 0.926 bits per heavy atom.